The van der Waals surface area contributed by atoms with E-state index in [1.807, 2.05) is 39.1 Å². The largest absolute Gasteiger partial charge is 0.497 e. The molecule has 0 atom stereocenters. The van der Waals surface area contributed by atoms with Crippen LogP contribution in [0.4, 0.5) is 17.3 Å². The summed E-state index contributed by atoms with van der Waals surface area (Å²) in [7, 11) is 3.47. The quantitative estimate of drug-likeness (QED) is 0.264. The molecule has 1 aromatic heterocycles. The monoisotopic (exact) mass is 417 g/mol. The van der Waals surface area contributed by atoms with Gasteiger partial charge in [-0.3, -0.25) is 0 Å². The highest BCUT2D eigenvalue weighted by atomic mass is 16.6. The predicted octanol–water partition coefficient (Wildman–Crippen LogP) is 2.88. The first-order chi connectivity index (χ1) is 15.0. The van der Waals surface area contributed by atoms with Crippen molar-refractivity contribution in [3.63, 3.8) is 0 Å². The van der Waals surface area contributed by atoms with E-state index in [-0.39, 0.29) is 0 Å². The number of hydrogen-bond donors (Lipinski definition) is 3. The van der Waals surface area contributed by atoms with E-state index in [0.717, 1.165) is 46.2 Å². The van der Waals surface area contributed by atoms with Crippen molar-refractivity contribution in [1.29, 1.82) is 0 Å². The molecule has 0 radical (unpaired) electrons. The van der Waals surface area contributed by atoms with Gasteiger partial charge in [0.15, 0.2) is 11.6 Å². The molecule has 7 heteroatoms. The molecule has 2 aromatic rings. The number of hydrogen-bond acceptors (Lipinski definition) is 7. The Labute approximate surface area is 182 Å². The van der Waals surface area contributed by atoms with Gasteiger partial charge >= 0.3 is 0 Å². The molecule has 0 saturated heterocycles. The van der Waals surface area contributed by atoms with Gasteiger partial charge < -0.3 is 20.2 Å². The molecule has 0 spiro atoms. The molecular weight excluding hydrogens is 390 g/mol. The van der Waals surface area contributed by atoms with Crippen LogP contribution in [0, 0.1) is 19.3 Å². The molecule has 0 fully saturated rings. The fraction of sp³-hybridized carbons (Fsp3) is 0.250. The first kappa shape index (κ1) is 21.8. The lowest BCUT2D eigenvalue weighted by molar-refractivity contribution is 0.297. The summed E-state index contributed by atoms with van der Waals surface area (Å²) in [5.74, 6) is 4.68. The first-order valence-corrected chi connectivity index (χ1v) is 9.98. The van der Waals surface area contributed by atoms with E-state index in [0.29, 0.717) is 17.4 Å². The molecule has 0 unspecified atom stereocenters. The standard InChI is InChI=1S/C24H27N5O2/c1-6-9-19(14-17(3)25-4)31-29-24-23(27-21-10-7-8-11-22(21)28-24)26-18-12-16(2)13-20(15-18)30-5/h1,9-15,25H,7-8H2,2-5H3,(H,26,27)(H,28,29)/b17-14+,19-9+. The number of terminal acetylenes is 1. The second-order valence-electron chi connectivity index (χ2n) is 7.04. The highest BCUT2D eigenvalue weighted by Crippen LogP contribution is 2.25. The van der Waals surface area contributed by atoms with Crippen LogP contribution in [-0.4, -0.2) is 24.1 Å². The SMILES string of the molecule is C#C/C=C(\C=C(/C)NC)ONc1nc2c(nc1Nc1cc(C)cc(OC)c1)=CCCC=2. The number of rotatable bonds is 8. The average Bonchev–Trinajstić information content (AvgIpc) is 2.77. The third-order valence-electron chi connectivity index (χ3n) is 4.59. The van der Waals surface area contributed by atoms with Crippen molar-refractivity contribution >= 4 is 29.5 Å². The zero-order chi connectivity index (χ0) is 22.2. The summed E-state index contributed by atoms with van der Waals surface area (Å²) in [4.78, 5) is 15.2. The minimum Gasteiger partial charge on any atom is -0.497 e. The zero-order valence-corrected chi connectivity index (χ0v) is 18.2. The van der Waals surface area contributed by atoms with Crippen LogP contribution < -0.4 is 31.5 Å². The minimum atomic E-state index is 0.448. The van der Waals surface area contributed by atoms with Gasteiger partial charge in [0.25, 0.3) is 0 Å². The van der Waals surface area contributed by atoms with Crippen molar-refractivity contribution in [2.24, 2.45) is 0 Å². The van der Waals surface area contributed by atoms with E-state index in [9.17, 15) is 0 Å². The number of anilines is 3. The number of allylic oxidation sites excluding steroid dienone is 3. The minimum absolute atomic E-state index is 0.448. The molecule has 3 rings (SSSR count). The Hall–Kier alpha value is -3.92. The first-order valence-electron chi connectivity index (χ1n) is 9.98. The summed E-state index contributed by atoms with van der Waals surface area (Å²) in [6.07, 6.45) is 14.8. The van der Waals surface area contributed by atoms with Gasteiger partial charge in [-0.05, 0) is 44.4 Å². The average molecular weight is 418 g/mol. The lowest BCUT2D eigenvalue weighted by Crippen LogP contribution is -2.34. The van der Waals surface area contributed by atoms with E-state index >= 15 is 0 Å². The highest BCUT2D eigenvalue weighted by Gasteiger charge is 2.11. The van der Waals surface area contributed by atoms with E-state index in [2.05, 4.69) is 34.2 Å². The van der Waals surface area contributed by atoms with E-state index in [1.54, 1.807) is 13.2 Å². The maximum Gasteiger partial charge on any atom is 0.204 e. The van der Waals surface area contributed by atoms with Gasteiger partial charge in [0.1, 0.15) is 5.75 Å². The number of ether oxygens (including phenoxy) is 1. The van der Waals surface area contributed by atoms with Crippen molar-refractivity contribution in [3.8, 4) is 18.1 Å². The normalized spacial score (nSPS) is 13.1. The van der Waals surface area contributed by atoms with E-state index < -0.39 is 0 Å². The van der Waals surface area contributed by atoms with Crippen molar-refractivity contribution in [2.45, 2.75) is 26.7 Å². The molecule has 160 valence electrons. The van der Waals surface area contributed by atoms with Gasteiger partial charge in [-0.25, -0.2) is 15.4 Å². The Kier molecular flexibility index (Phi) is 7.17. The lowest BCUT2D eigenvalue weighted by atomic mass is 10.2. The number of nitrogens with zero attached hydrogens (tertiary/aromatic N) is 2. The highest BCUT2D eigenvalue weighted by molar-refractivity contribution is 5.68. The van der Waals surface area contributed by atoms with Crippen LogP contribution in [-0.2, 0) is 4.84 Å². The van der Waals surface area contributed by atoms with Gasteiger partial charge in [-0.2, -0.15) is 0 Å². The van der Waals surface area contributed by atoms with Gasteiger partial charge in [0.05, 0.1) is 17.8 Å². The number of nitrogens with one attached hydrogen (secondary N) is 3. The van der Waals surface area contributed by atoms with Crippen molar-refractivity contribution in [1.82, 2.24) is 15.3 Å². The Morgan fingerprint density at radius 3 is 2.48 bits per heavy atom. The zero-order valence-electron chi connectivity index (χ0n) is 18.2. The number of benzene rings is 1. The van der Waals surface area contributed by atoms with Gasteiger partial charge in [-0.15, -0.1) is 6.42 Å². The second kappa shape index (κ2) is 10.2. The van der Waals surface area contributed by atoms with Gasteiger partial charge in [0, 0.05) is 36.7 Å². The molecule has 31 heavy (non-hydrogen) atoms. The van der Waals surface area contributed by atoms with Gasteiger partial charge in [0.2, 0.25) is 5.82 Å². The maximum absolute atomic E-state index is 5.74. The Bertz CT molecular complexity index is 1180. The fourth-order valence-corrected chi connectivity index (χ4v) is 3.01. The molecule has 3 N–H and O–H groups in total. The van der Waals surface area contributed by atoms with Crippen molar-refractivity contribution < 1.29 is 9.57 Å². The van der Waals surface area contributed by atoms with E-state index in [1.165, 1.54) is 6.08 Å². The Morgan fingerprint density at radius 1 is 1.13 bits per heavy atom. The molecule has 1 heterocycles. The smallest absolute Gasteiger partial charge is 0.204 e. The van der Waals surface area contributed by atoms with Gasteiger partial charge in [-0.1, -0.05) is 18.1 Å². The molecule has 7 nitrogen and oxygen atoms in total. The van der Waals surface area contributed by atoms with Crippen LogP contribution in [0.15, 0.2) is 41.8 Å². The van der Waals surface area contributed by atoms with Crippen molar-refractivity contribution in [2.75, 3.05) is 25.0 Å². The molecule has 1 aliphatic rings. The Morgan fingerprint density at radius 2 is 1.84 bits per heavy atom. The van der Waals surface area contributed by atoms with Crippen LogP contribution in [0.2, 0.25) is 0 Å². The summed E-state index contributed by atoms with van der Waals surface area (Å²) in [6.45, 7) is 3.92. The Balaban J connectivity index is 1.97. The summed E-state index contributed by atoms with van der Waals surface area (Å²) < 4.78 is 5.38. The van der Waals surface area contributed by atoms with Crippen LogP contribution in [0.5, 0.6) is 5.75 Å². The number of fused-ring (bicyclic) bond motifs is 1. The topological polar surface area (TPSA) is 80.3 Å². The van der Waals surface area contributed by atoms with E-state index in [4.69, 9.17) is 26.0 Å². The van der Waals surface area contributed by atoms with Crippen molar-refractivity contribution in [3.05, 3.63) is 58.1 Å². The summed E-state index contributed by atoms with van der Waals surface area (Å²) in [6, 6.07) is 5.87. The van der Waals surface area contributed by atoms with Crippen LogP contribution in [0.3, 0.4) is 0 Å². The maximum atomic E-state index is 5.74. The third kappa shape index (κ3) is 5.80. The summed E-state index contributed by atoms with van der Waals surface area (Å²) in [5, 5.41) is 8.02. The molecule has 0 bridgehead atoms. The number of methoxy groups -OCH3 is 1. The third-order valence-corrected chi connectivity index (χ3v) is 4.59. The summed E-state index contributed by atoms with van der Waals surface area (Å²) >= 11 is 0. The molecule has 0 saturated carbocycles. The summed E-state index contributed by atoms with van der Waals surface area (Å²) in [5.41, 5.74) is 5.69. The molecular formula is C24H27N5O2. The number of aromatic nitrogens is 2. The number of aryl methyl sites for hydroxylation is 1. The molecule has 0 amide bonds. The lowest BCUT2D eigenvalue weighted by Gasteiger charge is -2.15. The molecule has 1 aromatic carbocycles. The predicted molar refractivity (Wildman–Crippen MR) is 125 cm³/mol. The fourth-order valence-electron chi connectivity index (χ4n) is 3.01. The van der Waals surface area contributed by atoms with Crippen LogP contribution in [0.25, 0.3) is 12.2 Å². The second-order valence-corrected chi connectivity index (χ2v) is 7.04. The van der Waals surface area contributed by atoms with Crippen LogP contribution in [0.1, 0.15) is 25.3 Å². The van der Waals surface area contributed by atoms with Crippen LogP contribution >= 0.6 is 0 Å². The molecule has 1 aliphatic carbocycles. The molecule has 0 aliphatic heterocycles.